The fourth-order valence-corrected chi connectivity index (χ4v) is 6.57. The van der Waals surface area contributed by atoms with Crippen LogP contribution in [0.25, 0.3) is 0 Å². The summed E-state index contributed by atoms with van der Waals surface area (Å²) in [5, 5.41) is 3.30. The van der Waals surface area contributed by atoms with Crippen LogP contribution < -0.4 is 14.8 Å². The van der Waals surface area contributed by atoms with Crippen LogP contribution in [0.2, 0.25) is 18.1 Å². The number of nitrogens with one attached hydrogen (secondary N) is 1. The van der Waals surface area contributed by atoms with Crippen molar-refractivity contribution in [1.82, 2.24) is 5.32 Å². The van der Waals surface area contributed by atoms with Gasteiger partial charge >= 0.3 is 0 Å². The molecule has 30 heavy (non-hydrogen) atoms. The minimum atomic E-state index is -1.95. The van der Waals surface area contributed by atoms with Crippen molar-refractivity contribution in [3.8, 4) is 11.5 Å². The summed E-state index contributed by atoms with van der Waals surface area (Å²) in [6.45, 7) is 7.32. The van der Waals surface area contributed by atoms with Gasteiger partial charge in [-0.1, -0.05) is 26.8 Å². The van der Waals surface area contributed by atoms with Gasteiger partial charge in [0.2, 0.25) is 0 Å². The molecule has 1 N–H and O–H groups in total. The van der Waals surface area contributed by atoms with E-state index in [1.165, 1.54) is 12.1 Å². The molecule has 7 heteroatoms. The molecule has 2 aromatic rings. The van der Waals surface area contributed by atoms with Gasteiger partial charge < -0.3 is 19.2 Å². The summed E-state index contributed by atoms with van der Waals surface area (Å²) in [5.41, 5.74) is 1.40. The van der Waals surface area contributed by atoms with Crippen LogP contribution in [0.1, 0.15) is 38.0 Å². The van der Waals surface area contributed by atoms with Crippen LogP contribution in [-0.2, 0) is 11.0 Å². The van der Waals surface area contributed by atoms with Gasteiger partial charge in [0.1, 0.15) is 23.1 Å². The van der Waals surface area contributed by atoms with E-state index in [0.29, 0.717) is 30.2 Å². The second-order valence-electron chi connectivity index (χ2n) is 7.33. The molecule has 2 aromatic carbocycles. The van der Waals surface area contributed by atoms with Crippen molar-refractivity contribution in [1.29, 1.82) is 0 Å². The molecule has 0 aromatic heterocycles. The molecule has 0 aliphatic heterocycles. The normalized spacial score (nSPS) is 12.6. The first-order valence-electron chi connectivity index (χ1n) is 10.5. The zero-order valence-corrected chi connectivity index (χ0v) is 19.6. The number of ether oxygens (including phenoxy) is 2. The molecule has 0 radical (unpaired) electrons. The summed E-state index contributed by atoms with van der Waals surface area (Å²) >= 11 is 0. The van der Waals surface area contributed by atoms with Crippen LogP contribution in [0, 0.1) is 11.6 Å². The zero-order valence-electron chi connectivity index (χ0n) is 18.6. The van der Waals surface area contributed by atoms with Gasteiger partial charge in [-0.2, -0.15) is 0 Å². The first kappa shape index (κ1) is 24.3. The second kappa shape index (κ2) is 11.4. The van der Waals surface area contributed by atoms with E-state index in [1.54, 1.807) is 14.2 Å². The Kier molecular flexibility index (Phi) is 9.26. The van der Waals surface area contributed by atoms with Crippen molar-refractivity contribution < 1.29 is 22.7 Å². The number of halogens is 2. The fraction of sp³-hybridized carbons (Fsp3) is 0.478. The summed E-state index contributed by atoms with van der Waals surface area (Å²) in [4.78, 5) is 0. The quantitative estimate of drug-likeness (QED) is 0.424. The minimum Gasteiger partial charge on any atom is -0.496 e. The van der Waals surface area contributed by atoms with E-state index in [1.807, 2.05) is 18.2 Å². The highest BCUT2D eigenvalue weighted by Gasteiger charge is 2.34. The third-order valence-corrected chi connectivity index (χ3v) is 10.3. The molecule has 0 heterocycles. The van der Waals surface area contributed by atoms with E-state index < -0.39 is 20.0 Å². The van der Waals surface area contributed by atoms with Gasteiger partial charge in [-0.3, -0.25) is 0 Å². The highest BCUT2D eigenvalue weighted by Crippen LogP contribution is 2.39. The Bertz CT molecular complexity index is 764. The molecular weight excluding hydrogens is 404 g/mol. The molecule has 0 aliphatic rings. The van der Waals surface area contributed by atoms with Crippen molar-refractivity contribution in [2.75, 3.05) is 20.8 Å². The Morgan fingerprint density at radius 3 is 1.90 bits per heavy atom. The van der Waals surface area contributed by atoms with E-state index in [-0.39, 0.29) is 6.10 Å². The number of rotatable bonds is 12. The Morgan fingerprint density at radius 1 is 0.900 bits per heavy atom. The molecule has 0 spiro atoms. The molecule has 0 saturated carbocycles. The van der Waals surface area contributed by atoms with E-state index in [2.05, 4.69) is 26.1 Å². The van der Waals surface area contributed by atoms with Gasteiger partial charge in [-0.15, -0.1) is 0 Å². The van der Waals surface area contributed by atoms with Gasteiger partial charge in [0.15, 0.2) is 8.32 Å². The van der Waals surface area contributed by atoms with Crippen LogP contribution in [-0.4, -0.2) is 29.1 Å². The molecule has 4 nitrogen and oxygen atoms in total. The molecule has 0 amide bonds. The molecular formula is C23H33F2NO3Si. The maximum atomic E-state index is 13.5. The lowest BCUT2D eigenvalue weighted by Crippen LogP contribution is -2.40. The van der Waals surface area contributed by atoms with Crippen molar-refractivity contribution in [3.05, 3.63) is 59.2 Å². The average molecular weight is 438 g/mol. The highest BCUT2D eigenvalue weighted by atomic mass is 28.4. The van der Waals surface area contributed by atoms with Gasteiger partial charge in [0.05, 0.1) is 25.9 Å². The van der Waals surface area contributed by atoms with E-state index >= 15 is 0 Å². The predicted molar refractivity (Wildman–Crippen MR) is 119 cm³/mol. The summed E-state index contributed by atoms with van der Waals surface area (Å²) < 4.78 is 45.1. The van der Waals surface area contributed by atoms with E-state index in [4.69, 9.17) is 13.9 Å². The molecule has 0 bridgehead atoms. The monoisotopic (exact) mass is 437 g/mol. The second-order valence-corrected chi connectivity index (χ2v) is 12.1. The lowest BCUT2D eigenvalue weighted by molar-refractivity contribution is 0.177. The summed E-state index contributed by atoms with van der Waals surface area (Å²) in [7, 11) is 1.30. The Hall–Kier alpha value is -1.96. The summed E-state index contributed by atoms with van der Waals surface area (Å²) in [6.07, 6.45) is -0.305. The highest BCUT2D eigenvalue weighted by molar-refractivity contribution is 6.73. The number of hydrogen-bond donors (Lipinski definition) is 1. The van der Waals surface area contributed by atoms with Crippen molar-refractivity contribution >= 4 is 8.32 Å². The molecule has 166 valence electrons. The lowest BCUT2D eigenvalue weighted by Gasteiger charge is -2.34. The standard InChI is InChI=1S/C23H33F2NO3Si/c1-6-30(7-2,8-3)29-22(23-20(27-4)10-9-11-21(23)28-5)16-26-15-17-12-18(24)14-19(25)13-17/h9-14,22,26H,6-8,15-16H2,1-5H3. The minimum absolute atomic E-state index is 0.305. The largest absolute Gasteiger partial charge is 0.496 e. The molecule has 0 aliphatic carbocycles. The van der Waals surface area contributed by atoms with Gasteiger partial charge in [0, 0.05) is 19.2 Å². The lowest BCUT2D eigenvalue weighted by atomic mass is 10.1. The Balaban J connectivity index is 2.32. The number of methoxy groups -OCH3 is 2. The molecule has 1 unspecified atom stereocenters. The van der Waals surface area contributed by atoms with E-state index in [0.717, 1.165) is 29.8 Å². The van der Waals surface area contributed by atoms with Crippen LogP contribution in [0.3, 0.4) is 0 Å². The third kappa shape index (κ3) is 6.03. The van der Waals surface area contributed by atoms with E-state index in [9.17, 15) is 8.78 Å². The predicted octanol–water partition coefficient (Wildman–Crippen LogP) is 5.83. The molecule has 0 fully saturated rings. The molecule has 2 rings (SSSR count). The maximum Gasteiger partial charge on any atom is 0.192 e. The van der Waals surface area contributed by atoms with Gasteiger partial charge in [0.25, 0.3) is 0 Å². The maximum absolute atomic E-state index is 13.5. The Morgan fingerprint density at radius 2 is 1.43 bits per heavy atom. The van der Waals surface area contributed by atoms with Crippen LogP contribution in [0.4, 0.5) is 8.78 Å². The van der Waals surface area contributed by atoms with Crippen molar-refractivity contribution in [2.24, 2.45) is 0 Å². The van der Waals surface area contributed by atoms with Crippen molar-refractivity contribution in [3.63, 3.8) is 0 Å². The molecule has 1 atom stereocenters. The Labute approximate surface area is 179 Å². The number of hydrogen-bond acceptors (Lipinski definition) is 4. The average Bonchev–Trinajstić information content (AvgIpc) is 2.75. The summed E-state index contributed by atoms with van der Waals surface area (Å²) in [5.74, 6) is 0.231. The first-order valence-corrected chi connectivity index (χ1v) is 13.0. The summed E-state index contributed by atoms with van der Waals surface area (Å²) in [6, 6.07) is 12.2. The van der Waals surface area contributed by atoms with Gasteiger partial charge in [-0.05, 0) is 48.0 Å². The smallest absolute Gasteiger partial charge is 0.192 e. The SMILES string of the molecule is CC[Si](CC)(CC)OC(CNCc1cc(F)cc(F)c1)c1c(OC)cccc1OC. The van der Waals surface area contributed by atoms with Crippen LogP contribution in [0.15, 0.2) is 36.4 Å². The van der Waals surface area contributed by atoms with Crippen LogP contribution >= 0.6 is 0 Å². The third-order valence-electron chi connectivity index (χ3n) is 5.69. The first-order chi connectivity index (χ1) is 14.4. The van der Waals surface area contributed by atoms with Crippen LogP contribution in [0.5, 0.6) is 11.5 Å². The topological polar surface area (TPSA) is 39.7 Å². The van der Waals surface area contributed by atoms with Crippen molar-refractivity contribution in [2.45, 2.75) is 51.6 Å². The zero-order chi connectivity index (χ0) is 22.1. The van der Waals surface area contributed by atoms with Gasteiger partial charge in [-0.25, -0.2) is 8.78 Å². The number of benzene rings is 2. The molecule has 0 saturated heterocycles. The fourth-order valence-electron chi connectivity index (χ4n) is 3.76.